The lowest BCUT2D eigenvalue weighted by molar-refractivity contribution is 0.458. The van der Waals surface area contributed by atoms with Crippen molar-refractivity contribution < 1.29 is 0 Å². The van der Waals surface area contributed by atoms with Gasteiger partial charge in [-0.2, -0.15) is 0 Å². The van der Waals surface area contributed by atoms with Gasteiger partial charge in [0, 0.05) is 11.1 Å². The van der Waals surface area contributed by atoms with Gasteiger partial charge < -0.3 is 5.73 Å². The summed E-state index contributed by atoms with van der Waals surface area (Å²) in [5.74, 6) is 0. The van der Waals surface area contributed by atoms with Crippen molar-refractivity contribution in [3.8, 4) is 0 Å². The highest BCUT2D eigenvalue weighted by Gasteiger charge is 2.33. The highest BCUT2D eigenvalue weighted by molar-refractivity contribution is 7.09. The van der Waals surface area contributed by atoms with E-state index in [0.717, 1.165) is 23.5 Å². The van der Waals surface area contributed by atoms with E-state index in [1.165, 1.54) is 12.8 Å². The summed E-state index contributed by atoms with van der Waals surface area (Å²) in [7, 11) is 0. The molecular weight excluding hydrogens is 168 g/mol. The van der Waals surface area contributed by atoms with E-state index in [1.807, 2.05) is 6.92 Å². The van der Waals surface area contributed by atoms with Gasteiger partial charge in [-0.25, -0.2) is 4.98 Å². The van der Waals surface area contributed by atoms with Gasteiger partial charge in [0.15, 0.2) is 0 Å². The van der Waals surface area contributed by atoms with E-state index in [9.17, 15) is 0 Å². The van der Waals surface area contributed by atoms with E-state index in [4.69, 9.17) is 5.73 Å². The second kappa shape index (κ2) is 2.82. The van der Waals surface area contributed by atoms with Gasteiger partial charge in [0.25, 0.3) is 0 Å². The van der Waals surface area contributed by atoms with E-state index in [0.29, 0.717) is 0 Å². The Morgan fingerprint density at radius 2 is 2.17 bits per heavy atom. The number of aromatic nitrogens is 1. The first-order chi connectivity index (χ1) is 5.71. The van der Waals surface area contributed by atoms with Crippen LogP contribution in [0.2, 0.25) is 0 Å². The van der Waals surface area contributed by atoms with Crippen molar-refractivity contribution in [1.82, 2.24) is 4.98 Å². The van der Waals surface area contributed by atoms with Gasteiger partial charge in [-0.05, 0) is 19.8 Å². The Bertz CT molecular complexity index is 274. The minimum Gasteiger partial charge on any atom is -0.319 e. The third kappa shape index (κ3) is 1.27. The molecule has 0 bridgehead atoms. The zero-order valence-electron chi connectivity index (χ0n) is 7.34. The highest BCUT2D eigenvalue weighted by atomic mass is 32.1. The number of nitrogens with zero attached hydrogens (tertiary/aromatic N) is 1. The van der Waals surface area contributed by atoms with Crippen LogP contribution in [0.15, 0.2) is 5.38 Å². The normalized spacial score (nSPS) is 21.5. The molecule has 1 aromatic heterocycles. The van der Waals surface area contributed by atoms with Gasteiger partial charge in [0.1, 0.15) is 5.01 Å². The van der Waals surface area contributed by atoms with Crippen LogP contribution >= 0.6 is 11.3 Å². The summed E-state index contributed by atoms with van der Waals surface area (Å²) < 4.78 is 0. The first-order valence-electron chi connectivity index (χ1n) is 4.42. The first-order valence-corrected chi connectivity index (χ1v) is 5.30. The zero-order valence-corrected chi connectivity index (χ0v) is 8.16. The molecule has 66 valence electrons. The maximum Gasteiger partial charge on any atom is 0.113 e. The van der Waals surface area contributed by atoms with Crippen molar-refractivity contribution in [1.29, 1.82) is 0 Å². The SMILES string of the molecule is Cc1csc(C2(N)CCCC2)n1. The molecule has 1 heterocycles. The van der Waals surface area contributed by atoms with Crippen molar-refractivity contribution >= 4 is 11.3 Å². The minimum absolute atomic E-state index is 0.0844. The molecule has 0 aliphatic heterocycles. The van der Waals surface area contributed by atoms with E-state index in [2.05, 4.69) is 10.4 Å². The average Bonchev–Trinajstić information content (AvgIpc) is 2.59. The van der Waals surface area contributed by atoms with Crippen LogP contribution in [0.1, 0.15) is 36.4 Å². The molecule has 0 unspecified atom stereocenters. The monoisotopic (exact) mass is 182 g/mol. The summed E-state index contributed by atoms with van der Waals surface area (Å²) in [6.45, 7) is 2.03. The fourth-order valence-electron chi connectivity index (χ4n) is 1.80. The molecule has 0 amide bonds. The van der Waals surface area contributed by atoms with Crippen LogP contribution in [-0.2, 0) is 5.54 Å². The average molecular weight is 182 g/mol. The molecule has 2 nitrogen and oxygen atoms in total. The Morgan fingerprint density at radius 1 is 1.50 bits per heavy atom. The number of hydrogen-bond donors (Lipinski definition) is 1. The van der Waals surface area contributed by atoms with Gasteiger partial charge in [-0.1, -0.05) is 12.8 Å². The van der Waals surface area contributed by atoms with Crippen LogP contribution in [0.4, 0.5) is 0 Å². The molecule has 12 heavy (non-hydrogen) atoms. The summed E-state index contributed by atoms with van der Waals surface area (Å²) in [6, 6.07) is 0. The third-order valence-electron chi connectivity index (χ3n) is 2.54. The number of nitrogens with two attached hydrogens (primary N) is 1. The number of thiazole rings is 1. The van der Waals surface area contributed by atoms with Gasteiger partial charge in [0.05, 0.1) is 5.54 Å². The molecule has 3 heteroatoms. The van der Waals surface area contributed by atoms with Crippen LogP contribution in [-0.4, -0.2) is 4.98 Å². The predicted molar refractivity (Wildman–Crippen MR) is 51.2 cm³/mol. The maximum absolute atomic E-state index is 6.24. The molecule has 0 atom stereocenters. The smallest absolute Gasteiger partial charge is 0.113 e. The highest BCUT2D eigenvalue weighted by Crippen LogP contribution is 2.37. The molecule has 0 spiro atoms. The number of hydrogen-bond acceptors (Lipinski definition) is 3. The second-order valence-corrected chi connectivity index (χ2v) is 4.52. The van der Waals surface area contributed by atoms with Gasteiger partial charge in [-0.15, -0.1) is 11.3 Å². The van der Waals surface area contributed by atoms with Crippen molar-refractivity contribution in [2.75, 3.05) is 0 Å². The summed E-state index contributed by atoms with van der Waals surface area (Å²) in [6.07, 6.45) is 4.74. The fraction of sp³-hybridized carbons (Fsp3) is 0.667. The quantitative estimate of drug-likeness (QED) is 0.723. The van der Waals surface area contributed by atoms with Crippen LogP contribution < -0.4 is 5.73 Å². The van der Waals surface area contributed by atoms with E-state index in [-0.39, 0.29) is 5.54 Å². The second-order valence-electron chi connectivity index (χ2n) is 3.66. The Balaban J connectivity index is 2.28. The fourth-order valence-corrected chi connectivity index (χ4v) is 2.77. The number of aryl methyl sites for hydroxylation is 1. The Hall–Kier alpha value is -0.410. The van der Waals surface area contributed by atoms with Crippen LogP contribution in [0.25, 0.3) is 0 Å². The molecule has 2 N–H and O–H groups in total. The molecule has 1 aliphatic rings. The molecule has 0 radical (unpaired) electrons. The first kappa shape index (κ1) is 8.20. The lowest BCUT2D eigenvalue weighted by Crippen LogP contribution is -2.32. The zero-order chi connectivity index (χ0) is 8.60. The van der Waals surface area contributed by atoms with Crippen LogP contribution in [0.5, 0.6) is 0 Å². The summed E-state index contributed by atoms with van der Waals surface area (Å²) in [5, 5.41) is 3.22. The topological polar surface area (TPSA) is 38.9 Å². The molecule has 1 aromatic rings. The molecule has 2 rings (SSSR count). The number of rotatable bonds is 1. The largest absolute Gasteiger partial charge is 0.319 e. The van der Waals surface area contributed by atoms with Gasteiger partial charge in [0.2, 0.25) is 0 Å². The van der Waals surface area contributed by atoms with Crippen molar-refractivity contribution in [3.05, 3.63) is 16.1 Å². The minimum atomic E-state index is -0.0844. The summed E-state index contributed by atoms with van der Waals surface area (Å²) in [4.78, 5) is 4.46. The molecule has 0 saturated heterocycles. The van der Waals surface area contributed by atoms with Crippen LogP contribution in [0.3, 0.4) is 0 Å². The van der Waals surface area contributed by atoms with Crippen LogP contribution in [0, 0.1) is 6.92 Å². The maximum atomic E-state index is 6.24. The molecular formula is C9H14N2S. The molecule has 1 saturated carbocycles. The molecule has 1 fully saturated rings. The Morgan fingerprint density at radius 3 is 2.67 bits per heavy atom. The van der Waals surface area contributed by atoms with Gasteiger partial charge in [-0.3, -0.25) is 0 Å². The van der Waals surface area contributed by atoms with E-state index in [1.54, 1.807) is 11.3 Å². The van der Waals surface area contributed by atoms with E-state index >= 15 is 0 Å². The van der Waals surface area contributed by atoms with Crippen molar-refractivity contribution in [2.45, 2.75) is 38.1 Å². The summed E-state index contributed by atoms with van der Waals surface area (Å²) >= 11 is 1.71. The molecule has 1 aliphatic carbocycles. The van der Waals surface area contributed by atoms with Crippen molar-refractivity contribution in [2.24, 2.45) is 5.73 Å². The Kier molecular flexibility index (Phi) is 1.93. The molecule has 0 aromatic carbocycles. The van der Waals surface area contributed by atoms with Crippen molar-refractivity contribution in [3.63, 3.8) is 0 Å². The summed E-state index contributed by atoms with van der Waals surface area (Å²) in [5.41, 5.74) is 7.26. The van der Waals surface area contributed by atoms with E-state index < -0.39 is 0 Å². The third-order valence-corrected chi connectivity index (χ3v) is 3.72. The van der Waals surface area contributed by atoms with Gasteiger partial charge >= 0.3 is 0 Å². The standard InChI is InChI=1S/C9H14N2S/c1-7-6-12-8(11-7)9(10)4-2-3-5-9/h6H,2-5,10H2,1H3. The lowest BCUT2D eigenvalue weighted by Gasteiger charge is -2.19. The Labute approximate surface area is 76.8 Å². The predicted octanol–water partition coefficient (Wildman–Crippen LogP) is 2.18. The lowest BCUT2D eigenvalue weighted by atomic mass is 10.0.